The maximum atomic E-state index is 13.8. The molecule has 1 N–H and O–H groups in total. The van der Waals surface area contributed by atoms with Gasteiger partial charge in [0.05, 0.1) is 0 Å². The van der Waals surface area contributed by atoms with Crippen LogP contribution in [0.1, 0.15) is 43.6 Å². The molecule has 0 aromatic heterocycles. The zero-order chi connectivity index (χ0) is 16.0. The van der Waals surface area contributed by atoms with Gasteiger partial charge in [0, 0.05) is 37.2 Å². The van der Waals surface area contributed by atoms with E-state index in [2.05, 4.69) is 10.2 Å². The van der Waals surface area contributed by atoms with Crippen LogP contribution in [0.25, 0.3) is 0 Å². The summed E-state index contributed by atoms with van der Waals surface area (Å²) >= 11 is 0. The zero-order valence-corrected chi connectivity index (χ0v) is 13.1. The number of hydrogen-bond acceptors (Lipinski definition) is 2. The van der Waals surface area contributed by atoms with E-state index in [9.17, 15) is 13.6 Å². The second kappa shape index (κ2) is 5.86. The van der Waals surface area contributed by atoms with Crippen LogP contribution in [0.15, 0.2) is 18.2 Å². The first-order valence-electron chi connectivity index (χ1n) is 8.61. The molecule has 0 spiro atoms. The van der Waals surface area contributed by atoms with Crippen molar-refractivity contribution >= 4 is 5.91 Å². The van der Waals surface area contributed by atoms with Crippen LogP contribution in [-0.2, 0) is 4.79 Å². The number of benzene rings is 1. The topological polar surface area (TPSA) is 32.3 Å². The van der Waals surface area contributed by atoms with Gasteiger partial charge < -0.3 is 10.2 Å². The number of carbonyl (C=O) groups excluding carboxylic acids is 1. The van der Waals surface area contributed by atoms with Gasteiger partial charge in [0.2, 0.25) is 5.91 Å². The highest BCUT2D eigenvalue weighted by Gasteiger charge is 2.45. The first kappa shape index (κ1) is 15.1. The van der Waals surface area contributed by atoms with Gasteiger partial charge in [0.25, 0.3) is 0 Å². The molecular formula is C18H22F2N2O. The van der Waals surface area contributed by atoms with Crippen LogP contribution < -0.4 is 5.32 Å². The molecule has 1 aliphatic heterocycles. The van der Waals surface area contributed by atoms with Crippen LogP contribution in [0, 0.1) is 17.6 Å². The van der Waals surface area contributed by atoms with Gasteiger partial charge in [-0.1, -0.05) is 6.07 Å². The minimum Gasteiger partial charge on any atom is -0.353 e. The Morgan fingerprint density at radius 2 is 1.87 bits per heavy atom. The summed E-state index contributed by atoms with van der Waals surface area (Å²) in [5.41, 5.74) is 0.468. The Hall–Kier alpha value is -1.49. The molecule has 23 heavy (non-hydrogen) atoms. The summed E-state index contributed by atoms with van der Waals surface area (Å²) < 4.78 is 26.7. The number of nitrogens with one attached hydrogen (secondary N) is 1. The number of piperidine rings is 1. The van der Waals surface area contributed by atoms with Crippen molar-refractivity contribution in [2.24, 2.45) is 5.92 Å². The van der Waals surface area contributed by atoms with Crippen molar-refractivity contribution in [1.82, 2.24) is 10.2 Å². The van der Waals surface area contributed by atoms with Crippen LogP contribution >= 0.6 is 0 Å². The quantitative estimate of drug-likeness (QED) is 0.925. The van der Waals surface area contributed by atoms with Gasteiger partial charge in [-0.15, -0.1) is 0 Å². The van der Waals surface area contributed by atoms with E-state index >= 15 is 0 Å². The maximum Gasteiger partial charge on any atom is 0.223 e. The normalized spacial score (nSPS) is 28.6. The number of nitrogens with zero attached hydrogens (tertiary/aromatic N) is 1. The summed E-state index contributed by atoms with van der Waals surface area (Å²) in [6.45, 7) is 2.13. The summed E-state index contributed by atoms with van der Waals surface area (Å²) in [5, 5.41) is 3.13. The molecule has 0 bridgehead atoms. The molecule has 0 radical (unpaired) electrons. The van der Waals surface area contributed by atoms with Gasteiger partial charge >= 0.3 is 0 Å². The summed E-state index contributed by atoms with van der Waals surface area (Å²) in [5.74, 6) is -1.33. The van der Waals surface area contributed by atoms with E-state index in [1.807, 2.05) is 0 Å². The Morgan fingerprint density at radius 1 is 1.13 bits per heavy atom. The molecule has 5 heteroatoms. The van der Waals surface area contributed by atoms with E-state index in [-0.39, 0.29) is 23.8 Å². The van der Waals surface area contributed by atoms with Crippen LogP contribution in [0.5, 0.6) is 0 Å². The highest BCUT2D eigenvalue weighted by molar-refractivity contribution is 5.83. The second-order valence-electron chi connectivity index (χ2n) is 7.16. The minimum absolute atomic E-state index is 0.0311. The lowest BCUT2D eigenvalue weighted by molar-refractivity contribution is -0.123. The van der Waals surface area contributed by atoms with Crippen molar-refractivity contribution in [2.45, 2.75) is 50.1 Å². The smallest absolute Gasteiger partial charge is 0.223 e. The molecule has 2 atom stereocenters. The summed E-state index contributed by atoms with van der Waals surface area (Å²) in [6, 6.07) is 4.67. The molecule has 1 saturated heterocycles. The third-order valence-electron chi connectivity index (χ3n) is 5.43. The fourth-order valence-corrected chi connectivity index (χ4v) is 3.79. The summed E-state index contributed by atoms with van der Waals surface area (Å²) in [6.07, 6.45) is 5.32. The molecular weight excluding hydrogens is 298 g/mol. The van der Waals surface area contributed by atoms with E-state index in [4.69, 9.17) is 0 Å². The SMILES string of the molecule is O=C(NC1CCN(C2CC2)CC1)[C@H]1C[C@H]1c1ccc(F)cc1F. The fourth-order valence-electron chi connectivity index (χ4n) is 3.79. The number of hydrogen-bond donors (Lipinski definition) is 1. The number of halogens is 2. The van der Waals surface area contributed by atoms with E-state index in [1.165, 1.54) is 25.0 Å². The van der Waals surface area contributed by atoms with Crippen LogP contribution in [0.2, 0.25) is 0 Å². The number of carbonyl (C=O) groups is 1. The van der Waals surface area contributed by atoms with Crippen molar-refractivity contribution in [1.29, 1.82) is 0 Å². The van der Waals surface area contributed by atoms with Gasteiger partial charge in [-0.05, 0) is 49.7 Å². The fraction of sp³-hybridized carbons (Fsp3) is 0.611. The molecule has 2 saturated carbocycles. The average Bonchev–Trinajstić information content (AvgIpc) is 3.41. The maximum absolute atomic E-state index is 13.8. The third kappa shape index (κ3) is 3.25. The minimum atomic E-state index is -0.574. The van der Waals surface area contributed by atoms with Crippen molar-refractivity contribution in [3.05, 3.63) is 35.4 Å². The molecule has 3 fully saturated rings. The van der Waals surface area contributed by atoms with Gasteiger partial charge in [0.1, 0.15) is 11.6 Å². The molecule has 1 aromatic rings. The Kier molecular flexibility index (Phi) is 3.84. The zero-order valence-electron chi connectivity index (χ0n) is 13.1. The summed E-state index contributed by atoms with van der Waals surface area (Å²) in [7, 11) is 0. The monoisotopic (exact) mass is 320 g/mol. The van der Waals surface area contributed by atoms with E-state index < -0.39 is 11.6 Å². The number of amides is 1. The first-order chi connectivity index (χ1) is 11.1. The van der Waals surface area contributed by atoms with Crippen LogP contribution in [0.3, 0.4) is 0 Å². The third-order valence-corrected chi connectivity index (χ3v) is 5.43. The number of rotatable bonds is 4. The second-order valence-corrected chi connectivity index (χ2v) is 7.16. The predicted molar refractivity (Wildman–Crippen MR) is 83.0 cm³/mol. The highest BCUT2D eigenvalue weighted by Crippen LogP contribution is 2.48. The van der Waals surface area contributed by atoms with Crippen molar-refractivity contribution < 1.29 is 13.6 Å². The average molecular weight is 320 g/mol. The Labute approximate surface area is 135 Å². The van der Waals surface area contributed by atoms with Gasteiger partial charge in [-0.2, -0.15) is 0 Å². The number of likely N-dealkylation sites (tertiary alicyclic amines) is 1. The molecule has 3 aliphatic rings. The van der Waals surface area contributed by atoms with Gasteiger partial charge in [-0.25, -0.2) is 8.78 Å². The lowest BCUT2D eigenvalue weighted by Gasteiger charge is -2.32. The standard InChI is InChI=1S/C18H22F2N2O/c19-11-1-4-14(17(20)9-11)15-10-16(15)18(23)21-12-5-7-22(8-6-12)13-2-3-13/h1,4,9,12-13,15-16H,2-3,5-8,10H2,(H,21,23)/t15-,16-/m0/s1. The predicted octanol–water partition coefficient (Wildman–Crippen LogP) is 2.81. The lowest BCUT2D eigenvalue weighted by Crippen LogP contribution is -2.45. The molecule has 0 unspecified atom stereocenters. The molecule has 124 valence electrons. The van der Waals surface area contributed by atoms with Crippen LogP contribution in [-0.4, -0.2) is 36.0 Å². The van der Waals surface area contributed by atoms with Crippen molar-refractivity contribution in [3.8, 4) is 0 Å². The highest BCUT2D eigenvalue weighted by atomic mass is 19.1. The molecule has 1 aromatic carbocycles. The van der Waals surface area contributed by atoms with E-state index in [0.717, 1.165) is 38.0 Å². The van der Waals surface area contributed by atoms with E-state index in [1.54, 1.807) is 0 Å². The largest absolute Gasteiger partial charge is 0.353 e. The molecule has 4 rings (SSSR count). The lowest BCUT2D eigenvalue weighted by atomic mass is 10.0. The molecule has 2 aliphatic carbocycles. The Bertz CT molecular complexity index is 609. The first-order valence-corrected chi connectivity index (χ1v) is 8.61. The molecule has 1 amide bonds. The molecule has 3 nitrogen and oxygen atoms in total. The van der Waals surface area contributed by atoms with Crippen molar-refractivity contribution in [2.75, 3.05) is 13.1 Å². The Morgan fingerprint density at radius 3 is 2.52 bits per heavy atom. The molecule has 1 heterocycles. The van der Waals surface area contributed by atoms with Crippen molar-refractivity contribution in [3.63, 3.8) is 0 Å². The van der Waals surface area contributed by atoms with E-state index in [0.29, 0.717) is 12.0 Å². The summed E-state index contributed by atoms with van der Waals surface area (Å²) in [4.78, 5) is 14.9. The van der Waals surface area contributed by atoms with Crippen LogP contribution in [0.4, 0.5) is 8.78 Å². The van der Waals surface area contributed by atoms with Gasteiger partial charge in [0.15, 0.2) is 0 Å². The Balaban J connectivity index is 1.29. The van der Waals surface area contributed by atoms with Gasteiger partial charge in [-0.3, -0.25) is 4.79 Å².